The summed E-state index contributed by atoms with van der Waals surface area (Å²) in [6.45, 7) is 0. The van der Waals surface area contributed by atoms with Crippen LogP contribution >= 0.6 is 0 Å². The first kappa shape index (κ1) is 14.3. The lowest BCUT2D eigenvalue weighted by Crippen LogP contribution is -2.13. The molecular formula is C14H12FN3O3. The lowest BCUT2D eigenvalue weighted by molar-refractivity contribution is 0.0989. The van der Waals surface area contributed by atoms with Gasteiger partial charge in [-0.05, 0) is 24.3 Å². The van der Waals surface area contributed by atoms with Gasteiger partial charge in [-0.25, -0.2) is 4.39 Å². The lowest BCUT2D eigenvalue weighted by Gasteiger charge is -2.10. The van der Waals surface area contributed by atoms with Gasteiger partial charge in [0, 0.05) is 17.8 Å². The second-order valence-corrected chi connectivity index (χ2v) is 4.23. The summed E-state index contributed by atoms with van der Waals surface area (Å²) in [6, 6.07) is 7.79. The van der Waals surface area contributed by atoms with Crippen LogP contribution in [0.1, 0.15) is 20.7 Å². The molecule has 2 aromatic carbocycles. The molecule has 0 aliphatic rings. The standard InChI is InChI=1S/C14H12FN3O3/c15-11-6-8(2-4-9(11)13(17)19)21-12-5-7(16)1-3-10(12)14(18)20/h1-6H,16H2,(H2,17,19)(H2,18,20). The number of rotatable bonds is 4. The van der Waals surface area contributed by atoms with Gasteiger partial charge in [0.15, 0.2) is 0 Å². The summed E-state index contributed by atoms with van der Waals surface area (Å²) >= 11 is 0. The first-order valence-corrected chi connectivity index (χ1v) is 5.85. The van der Waals surface area contributed by atoms with E-state index in [0.717, 1.165) is 6.07 Å². The van der Waals surface area contributed by atoms with Crippen molar-refractivity contribution < 1.29 is 18.7 Å². The maximum Gasteiger partial charge on any atom is 0.252 e. The van der Waals surface area contributed by atoms with E-state index >= 15 is 0 Å². The fourth-order valence-electron chi connectivity index (χ4n) is 1.71. The topological polar surface area (TPSA) is 121 Å². The van der Waals surface area contributed by atoms with Gasteiger partial charge >= 0.3 is 0 Å². The third-order valence-corrected chi connectivity index (χ3v) is 2.70. The van der Waals surface area contributed by atoms with Crippen LogP contribution in [0.15, 0.2) is 36.4 Å². The van der Waals surface area contributed by atoms with Crippen LogP contribution in [0.2, 0.25) is 0 Å². The number of benzene rings is 2. The summed E-state index contributed by atoms with van der Waals surface area (Å²) in [5.74, 6) is -2.26. The van der Waals surface area contributed by atoms with Crippen molar-refractivity contribution in [2.75, 3.05) is 5.73 Å². The molecule has 0 saturated heterocycles. The smallest absolute Gasteiger partial charge is 0.252 e. The molecule has 0 atom stereocenters. The SMILES string of the molecule is NC(=O)c1ccc(Oc2cc(N)ccc2C(N)=O)cc1F. The van der Waals surface area contributed by atoms with E-state index in [-0.39, 0.29) is 22.6 Å². The molecule has 0 aliphatic heterocycles. The van der Waals surface area contributed by atoms with Crippen molar-refractivity contribution in [3.8, 4) is 11.5 Å². The van der Waals surface area contributed by atoms with E-state index in [9.17, 15) is 14.0 Å². The Hall–Kier alpha value is -3.09. The molecule has 2 rings (SSSR count). The average molecular weight is 289 g/mol. The van der Waals surface area contributed by atoms with Crippen LogP contribution in [0.4, 0.5) is 10.1 Å². The molecule has 0 heterocycles. The second-order valence-electron chi connectivity index (χ2n) is 4.23. The first-order chi connectivity index (χ1) is 9.88. The summed E-state index contributed by atoms with van der Waals surface area (Å²) < 4.78 is 19.0. The molecule has 108 valence electrons. The van der Waals surface area contributed by atoms with Crippen molar-refractivity contribution in [3.63, 3.8) is 0 Å². The highest BCUT2D eigenvalue weighted by Crippen LogP contribution is 2.28. The number of primary amides is 2. The van der Waals surface area contributed by atoms with E-state index < -0.39 is 17.6 Å². The molecule has 0 unspecified atom stereocenters. The normalized spacial score (nSPS) is 10.1. The molecule has 21 heavy (non-hydrogen) atoms. The zero-order chi connectivity index (χ0) is 15.6. The van der Waals surface area contributed by atoms with Crippen molar-refractivity contribution >= 4 is 17.5 Å². The first-order valence-electron chi connectivity index (χ1n) is 5.85. The van der Waals surface area contributed by atoms with Gasteiger partial charge in [0.05, 0.1) is 11.1 Å². The minimum absolute atomic E-state index is 0.0746. The van der Waals surface area contributed by atoms with Crippen molar-refractivity contribution in [3.05, 3.63) is 53.3 Å². The van der Waals surface area contributed by atoms with Gasteiger partial charge in [-0.2, -0.15) is 0 Å². The van der Waals surface area contributed by atoms with Gasteiger partial charge in [-0.15, -0.1) is 0 Å². The summed E-state index contributed by atoms with van der Waals surface area (Å²) in [5, 5.41) is 0. The molecule has 0 saturated carbocycles. The molecule has 0 bridgehead atoms. The Bertz CT molecular complexity index is 731. The molecule has 2 amide bonds. The highest BCUT2D eigenvalue weighted by Gasteiger charge is 2.13. The minimum Gasteiger partial charge on any atom is -0.456 e. The summed E-state index contributed by atoms with van der Waals surface area (Å²) in [7, 11) is 0. The number of carbonyl (C=O) groups excluding carboxylic acids is 2. The number of carbonyl (C=O) groups is 2. The second kappa shape index (κ2) is 5.49. The Morgan fingerprint density at radius 1 is 0.952 bits per heavy atom. The predicted molar refractivity (Wildman–Crippen MR) is 74.4 cm³/mol. The van der Waals surface area contributed by atoms with Gasteiger partial charge in [-0.1, -0.05) is 0 Å². The third kappa shape index (κ3) is 3.08. The number of nitrogen functional groups attached to an aromatic ring is 1. The monoisotopic (exact) mass is 289 g/mol. The van der Waals surface area contributed by atoms with Crippen LogP contribution in [-0.2, 0) is 0 Å². The highest BCUT2D eigenvalue weighted by atomic mass is 19.1. The quantitative estimate of drug-likeness (QED) is 0.736. The van der Waals surface area contributed by atoms with Gasteiger partial charge in [0.25, 0.3) is 11.8 Å². The zero-order valence-corrected chi connectivity index (χ0v) is 10.8. The van der Waals surface area contributed by atoms with Crippen molar-refractivity contribution in [1.82, 2.24) is 0 Å². The Morgan fingerprint density at radius 2 is 1.57 bits per heavy atom. The van der Waals surface area contributed by atoms with Crippen LogP contribution in [0.25, 0.3) is 0 Å². The Morgan fingerprint density at radius 3 is 2.14 bits per heavy atom. The molecule has 0 aromatic heterocycles. The molecule has 0 aliphatic carbocycles. The van der Waals surface area contributed by atoms with E-state index in [2.05, 4.69) is 0 Å². The number of hydrogen-bond donors (Lipinski definition) is 3. The fraction of sp³-hybridized carbons (Fsp3) is 0. The van der Waals surface area contributed by atoms with Crippen LogP contribution in [0, 0.1) is 5.82 Å². The molecular weight excluding hydrogens is 277 g/mol. The number of ether oxygens (including phenoxy) is 1. The van der Waals surface area contributed by atoms with E-state index in [1.807, 2.05) is 0 Å². The molecule has 7 heteroatoms. The molecule has 0 spiro atoms. The average Bonchev–Trinajstić information content (AvgIpc) is 2.37. The molecule has 0 radical (unpaired) electrons. The van der Waals surface area contributed by atoms with E-state index in [1.165, 1.54) is 30.3 Å². The van der Waals surface area contributed by atoms with E-state index in [1.54, 1.807) is 0 Å². The largest absolute Gasteiger partial charge is 0.456 e. The highest BCUT2D eigenvalue weighted by molar-refractivity contribution is 5.96. The maximum absolute atomic E-state index is 13.6. The maximum atomic E-state index is 13.6. The zero-order valence-electron chi connectivity index (χ0n) is 10.8. The van der Waals surface area contributed by atoms with E-state index in [4.69, 9.17) is 21.9 Å². The number of nitrogens with two attached hydrogens (primary N) is 3. The fourth-order valence-corrected chi connectivity index (χ4v) is 1.71. The molecule has 6 nitrogen and oxygen atoms in total. The Kier molecular flexibility index (Phi) is 3.75. The van der Waals surface area contributed by atoms with Gasteiger partial charge in [0.1, 0.15) is 17.3 Å². The van der Waals surface area contributed by atoms with E-state index in [0.29, 0.717) is 5.69 Å². The number of amides is 2. The third-order valence-electron chi connectivity index (χ3n) is 2.70. The molecule has 6 N–H and O–H groups in total. The van der Waals surface area contributed by atoms with Gasteiger partial charge in [-0.3, -0.25) is 9.59 Å². The minimum atomic E-state index is -0.888. The Labute approximate surface area is 119 Å². The van der Waals surface area contributed by atoms with Crippen LogP contribution in [-0.4, -0.2) is 11.8 Å². The number of hydrogen-bond acceptors (Lipinski definition) is 4. The lowest BCUT2D eigenvalue weighted by atomic mass is 10.1. The van der Waals surface area contributed by atoms with Crippen LogP contribution < -0.4 is 21.9 Å². The van der Waals surface area contributed by atoms with Crippen molar-refractivity contribution in [1.29, 1.82) is 0 Å². The number of halogens is 1. The molecule has 2 aromatic rings. The summed E-state index contributed by atoms with van der Waals surface area (Å²) in [4.78, 5) is 22.2. The molecule has 0 fully saturated rings. The number of anilines is 1. The van der Waals surface area contributed by atoms with Gasteiger partial charge in [0.2, 0.25) is 0 Å². The van der Waals surface area contributed by atoms with Gasteiger partial charge < -0.3 is 21.9 Å². The van der Waals surface area contributed by atoms with Crippen LogP contribution in [0.5, 0.6) is 11.5 Å². The summed E-state index contributed by atoms with van der Waals surface area (Å²) in [5.41, 5.74) is 16.0. The Balaban J connectivity index is 2.38. The van der Waals surface area contributed by atoms with Crippen LogP contribution in [0.3, 0.4) is 0 Å². The summed E-state index contributed by atoms with van der Waals surface area (Å²) in [6.07, 6.45) is 0. The van der Waals surface area contributed by atoms with Crippen molar-refractivity contribution in [2.24, 2.45) is 11.5 Å². The predicted octanol–water partition coefficient (Wildman–Crippen LogP) is 1.40. The van der Waals surface area contributed by atoms with Crippen molar-refractivity contribution in [2.45, 2.75) is 0 Å².